The number of carbonyl (C=O) groups is 1. The van der Waals surface area contributed by atoms with Crippen LogP contribution in [-0.2, 0) is 17.6 Å². The molecule has 0 aliphatic carbocycles. The molecular formula is C10H9NOS2. The summed E-state index contributed by atoms with van der Waals surface area (Å²) in [5, 5.41) is 4.01. The fourth-order valence-corrected chi connectivity index (χ4v) is 2.50. The highest BCUT2D eigenvalue weighted by atomic mass is 32.1. The molecule has 4 heteroatoms. The van der Waals surface area contributed by atoms with E-state index in [1.54, 1.807) is 23.0 Å². The standard InChI is InChI=1S/C10H9NOS2/c12-9(3-8-1-2-13-6-8)4-10-5-11-7-14-10/h1-2,5-7H,3-4H2. The number of Topliss-reactive ketones (excluding diaryl/α,β-unsaturated/α-hetero) is 1. The van der Waals surface area contributed by atoms with Gasteiger partial charge in [-0.3, -0.25) is 9.78 Å². The second kappa shape index (κ2) is 4.48. The molecule has 0 saturated carbocycles. The number of aromatic nitrogens is 1. The number of thiophene rings is 1. The zero-order chi connectivity index (χ0) is 9.80. The fourth-order valence-electron chi connectivity index (χ4n) is 1.21. The van der Waals surface area contributed by atoms with Gasteiger partial charge in [0.2, 0.25) is 0 Å². The number of thiazole rings is 1. The van der Waals surface area contributed by atoms with Crippen molar-refractivity contribution in [1.82, 2.24) is 4.98 Å². The van der Waals surface area contributed by atoms with E-state index >= 15 is 0 Å². The van der Waals surface area contributed by atoms with Gasteiger partial charge in [-0.15, -0.1) is 11.3 Å². The number of rotatable bonds is 4. The maximum absolute atomic E-state index is 11.6. The molecule has 14 heavy (non-hydrogen) atoms. The number of hydrogen-bond donors (Lipinski definition) is 0. The molecule has 2 rings (SSSR count). The van der Waals surface area contributed by atoms with E-state index in [1.807, 2.05) is 16.8 Å². The Morgan fingerprint density at radius 2 is 2.36 bits per heavy atom. The van der Waals surface area contributed by atoms with Crippen molar-refractivity contribution in [3.05, 3.63) is 39.0 Å². The van der Waals surface area contributed by atoms with E-state index in [2.05, 4.69) is 4.98 Å². The average molecular weight is 223 g/mol. The summed E-state index contributed by atoms with van der Waals surface area (Å²) in [6, 6.07) is 2.00. The Balaban J connectivity index is 1.91. The van der Waals surface area contributed by atoms with Crippen LogP contribution in [0.2, 0.25) is 0 Å². The van der Waals surface area contributed by atoms with Gasteiger partial charge in [0.25, 0.3) is 0 Å². The molecule has 72 valence electrons. The Hall–Kier alpha value is -1.00. The molecule has 0 spiro atoms. The summed E-state index contributed by atoms with van der Waals surface area (Å²) in [4.78, 5) is 16.5. The van der Waals surface area contributed by atoms with E-state index in [0.29, 0.717) is 12.8 Å². The van der Waals surface area contributed by atoms with Crippen LogP contribution in [0.25, 0.3) is 0 Å². The smallest absolute Gasteiger partial charge is 0.142 e. The van der Waals surface area contributed by atoms with Gasteiger partial charge in [-0.1, -0.05) is 0 Å². The summed E-state index contributed by atoms with van der Waals surface area (Å²) in [7, 11) is 0. The largest absolute Gasteiger partial charge is 0.299 e. The molecule has 2 nitrogen and oxygen atoms in total. The van der Waals surface area contributed by atoms with Crippen molar-refractivity contribution < 1.29 is 4.79 Å². The second-order valence-electron chi connectivity index (χ2n) is 2.99. The lowest BCUT2D eigenvalue weighted by Crippen LogP contribution is -2.04. The monoisotopic (exact) mass is 223 g/mol. The van der Waals surface area contributed by atoms with Crippen molar-refractivity contribution in [1.29, 1.82) is 0 Å². The first-order chi connectivity index (χ1) is 6.84. The molecule has 0 fully saturated rings. The van der Waals surface area contributed by atoms with Gasteiger partial charge in [0.05, 0.1) is 5.51 Å². The Morgan fingerprint density at radius 1 is 1.43 bits per heavy atom. The fraction of sp³-hybridized carbons (Fsp3) is 0.200. The van der Waals surface area contributed by atoms with E-state index in [-0.39, 0.29) is 5.78 Å². The molecule has 0 radical (unpaired) electrons. The van der Waals surface area contributed by atoms with Crippen LogP contribution < -0.4 is 0 Å². The first kappa shape index (κ1) is 9.55. The highest BCUT2D eigenvalue weighted by Gasteiger charge is 2.06. The molecule has 0 N–H and O–H groups in total. The van der Waals surface area contributed by atoms with Crippen molar-refractivity contribution >= 4 is 28.5 Å². The van der Waals surface area contributed by atoms with E-state index in [4.69, 9.17) is 0 Å². The molecule has 0 aliphatic rings. The molecule has 0 amide bonds. The first-order valence-corrected chi connectivity index (χ1v) is 6.07. The van der Waals surface area contributed by atoms with Crippen molar-refractivity contribution in [2.24, 2.45) is 0 Å². The van der Waals surface area contributed by atoms with Gasteiger partial charge in [0.15, 0.2) is 0 Å². The number of ketones is 1. The molecular weight excluding hydrogens is 214 g/mol. The van der Waals surface area contributed by atoms with Crippen LogP contribution in [0.4, 0.5) is 0 Å². The lowest BCUT2D eigenvalue weighted by Gasteiger charge is -1.95. The molecule has 0 unspecified atom stereocenters. The quantitative estimate of drug-likeness (QED) is 0.797. The molecule has 0 bridgehead atoms. The second-order valence-corrected chi connectivity index (χ2v) is 4.74. The Bertz CT molecular complexity index is 353. The van der Waals surface area contributed by atoms with Crippen molar-refractivity contribution in [3.8, 4) is 0 Å². The minimum atomic E-state index is 0.257. The van der Waals surface area contributed by atoms with Crippen molar-refractivity contribution in [2.45, 2.75) is 12.8 Å². The first-order valence-electron chi connectivity index (χ1n) is 4.25. The van der Waals surface area contributed by atoms with Crippen LogP contribution in [0.3, 0.4) is 0 Å². The number of carbonyl (C=O) groups excluding carboxylic acids is 1. The summed E-state index contributed by atoms with van der Waals surface area (Å²) >= 11 is 3.16. The third-order valence-electron chi connectivity index (χ3n) is 1.84. The zero-order valence-corrected chi connectivity index (χ0v) is 9.11. The van der Waals surface area contributed by atoms with Crippen molar-refractivity contribution in [2.75, 3.05) is 0 Å². The predicted octanol–water partition coefficient (Wildman–Crippen LogP) is 2.56. The molecule has 2 heterocycles. The third kappa shape index (κ3) is 2.49. The molecule has 2 aromatic rings. The number of nitrogens with zero attached hydrogens (tertiary/aromatic N) is 1. The average Bonchev–Trinajstić information content (AvgIpc) is 2.76. The highest BCUT2D eigenvalue weighted by molar-refractivity contribution is 7.09. The maximum Gasteiger partial charge on any atom is 0.142 e. The van der Waals surface area contributed by atoms with E-state index in [9.17, 15) is 4.79 Å². The third-order valence-corrected chi connectivity index (χ3v) is 3.35. The predicted molar refractivity (Wildman–Crippen MR) is 58.8 cm³/mol. The van der Waals surface area contributed by atoms with Gasteiger partial charge in [-0.2, -0.15) is 11.3 Å². The van der Waals surface area contributed by atoms with E-state index < -0.39 is 0 Å². The van der Waals surface area contributed by atoms with Gasteiger partial charge < -0.3 is 0 Å². The molecule has 0 aromatic carbocycles. The lowest BCUT2D eigenvalue weighted by atomic mass is 10.1. The van der Waals surface area contributed by atoms with Gasteiger partial charge in [0, 0.05) is 23.9 Å². The minimum Gasteiger partial charge on any atom is -0.299 e. The lowest BCUT2D eigenvalue weighted by molar-refractivity contribution is -0.117. The summed E-state index contributed by atoms with van der Waals surface area (Å²) in [6.45, 7) is 0. The summed E-state index contributed by atoms with van der Waals surface area (Å²) < 4.78 is 0. The molecule has 0 atom stereocenters. The van der Waals surface area contributed by atoms with Crippen LogP contribution in [0.5, 0.6) is 0 Å². The number of hydrogen-bond acceptors (Lipinski definition) is 4. The van der Waals surface area contributed by atoms with E-state index in [1.165, 1.54) is 11.3 Å². The zero-order valence-electron chi connectivity index (χ0n) is 7.47. The molecule has 0 saturated heterocycles. The van der Waals surface area contributed by atoms with Crippen LogP contribution >= 0.6 is 22.7 Å². The van der Waals surface area contributed by atoms with Gasteiger partial charge >= 0.3 is 0 Å². The van der Waals surface area contributed by atoms with Crippen LogP contribution in [0.15, 0.2) is 28.5 Å². The summed E-state index contributed by atoms with van der Waals surface area (Å²) in [6.07, 6.45) is 2.82. The van der Waals surface area contributed by atoms with Gasteiger partial charge in [0.1, 0.15) is 5.78 Å². The summed E-state index contributed by atoms with van der Waals surface area (Å²) in [5.41, 5.74) is 2.87. The molecule has 2 aromatic heterocycles. The van der Waals surface area contributed by atoms with E-state index in [0.717, 1.165) is 10.4 Å². The maximum atomic E-state index is 11.6. The Morgan fingerprint density at radius 3 is 3.00 bits per heavy atom. The van der Waals surface area contributed by atoms with Gasteiger partial charge in [-0.05, 0) is 22.4 Å². The molecule has 0 aliphatic heterocycles. The van der Waals surface area contributed by atoms with Crippen molar-refractivity contribution in [3.63, 3.8) is 0 Å². The SMILES string of the molecule is O=C(Cc1ccsc1)Cc1cncs1. The van der Waals surface area contributed by atoms with Crippen LogP contribution in [0, 0.1) is 0 Å². The minimum absolute atomic E-state index is 0.257. The van der Waals surface area contributed by atoms with Crippen LogP contribution in [-0.4, -0.2) is 10.8 Å². The van der Waals surface area contributed by atoms with Gasteiger partial charge in [-0.25, -0.2) is 0 Å². The van der Waals surface area contributed by atoms with Crippen LogP contribution in [0.1, 0.15) is 10.4 Å². The Kier molecular flexibility index (Phi) is 3.06. The topological polar surface area (TPSA) is 30.0 Å². The normalized spacial score (nSPS) is 10.3. The summed E-state index contributed by atoms with van der Waals surface area (Å²) in [5.74, 6) is 0.257. The Labute approximate surface area is 90.2 Å². The highest BCUT2D eigenvalue weighted by Crippen LogP contribution is 2.11.